The lowest BCUT2D eigenvalue weighted by Crippen LogP contribution is -2.28. The van der Waals surface area contributed by atoms with Crippen LogP contribution in [0.1, 0.15) is 44.2 Å². The zero-order chi connectivity index (χ0) is 37.9. The van der Waals surface area contributed by atoms with Gasteiger partial charge in [0.1, 0.15) is 6.73 Å². The molecule has 1 unspecified atom stereocenters. The highest BCUT2D eigenvalue weighted by atomic mass is 28.3. The van der Waals surface area contributed by atoms with Crippen molar-refractivity contribution in [3.63, 3.8) is 0 Å². The summed E-state index contributed by atoms with van der Waals surface area (Å²) in [5.41, 5.74) is 5.87. The minimum absolute atomic E-state index is 0.0567. The summed E-state index contributed by atoms with van der Waals surface area (Å²) in [5, 5.41) is 15.2. The average molecular weight is 760 g/mol. The Morgan fingerprint density at radius 2 is 1.62 bits per heavy atom. The first kappa shape index (κ1) is 38.6. The van der Waals surface area contributed by atoms with Crippen LogP contribution in [-0.2, 0) is 16.3 Å². The molecule has 1 aromatic carbocycles. The molecule has 1 fully saturated rings. The van der Waals surface area contributed by atoms with Gasteiger partial charge < -0.3 is 19.3 Å². The van der Waals surface area contributed by atoms with Gasteiger partial charge in [-0.15, -0.1) is 0 Å². The van der Waals surface area contributed by atoms with Crippen molar-refractivity contribution >= 4 is 38.8 Å². The molecule has 0 radical (unpaired) electrons. The summed E-state index contributed by atoms with van der Waals surface area (Å²) in [4.78, 5) is 21.7. The van der Waals surface area contributed by atoms with Crippen molar-refractivity contribution < 1.29 is 28.5 Å². The normalized spacial score (nSPS) is 17.4. The fourth-order valence-electron chi connectivity index (χ4n) is 7.04. The molecule has 0 aliphatic heterocycles. The zero-order valence-corrected chi connectivity index (χ0v) is 34.2. The van der Waals surface area contributed by atoms with Gasteiger partial charge in [0.15, 0.2) is 23.2 Å². The van der Waals surface area contributed by atoms with Crippen LogP contribution in [0, 0.1) is 5.92 Å². The fourth-order valence-corrected chi connectivity index (χ4v) is 8.51. The molecule has 284 valence electrons. The number of carboxylic acid groups (broad SMARTS) is 1. The predicted molar refractivity (Wildman–Crippen MR) is 213 cm³/mol. The highest BCUT2D eigenvalue weighted by molar-refractivity contribution is 6.76. The third-order valence-electron chi connectivity index (χ3n) is 10.1. The van der Waals surface area contributed by atoms with E-state index < -0.39 is 34.2 Å². The zero-order valence-electron chi connectivity index (χ0n) is 32.2. The van der Waals surface area contributed by atoms with E-state index in [0.29, 0.717) is 62.8 Å². The van der Waals surface area contributed by atoms with Crippen molar-refractivity contribution in [3.8, 4) is 34.0 Å². The number of rotatable bonds is 16. The Morgan fingerprint density at radius 3 is 2.25 bits per heavy atom. The molecule has 13 heteroatoms. The minimum atomic E-state index is -1.88. The van der Waals surface area contributed by atoms with Crippen LogP contribution in [0.4, 0.5) is 4.39 Å². The van der Waals surface area contributed by atoms with Gasteiger partial charge in [0.05, 0.1) is 36.2 Å². The minimum Gasteiger partial charge on any atom is -0.488 e. The molecule has 1 saturated carbocycles. The first-order valence-electron chi connectivity index (χ1n) is 18.9. The maximum atomic E-state index is 14.7. The van der Waals surface area contributed by atoms with Crippen LogP contribution in [-0.4, -0.2) is 77.4 Å². The molecular formula is C40H54FN5O5Si2. The summed E-state index contributed by atoms with van der Waals surface area (Å²) in [6, 6.07) is 16.1. The molecular weight excluding hydrogens is 706 g/mol. The van der Waals surface area contributed by atoms with Crippen LogP contribution in [0.25, 0.3) is 39.1 Å². The smallest absolute Gasteiger partial charge is 0.338 e. The number of benzene rings is 1. The Bertz CT molecular complexity index is 2010. The molecule has 0 amide bonds. The Balaban J connectivity index is 1.53. The second-order valence-corrected chi connectivity index (χ2v) is 27.9. The summed E-state index contributed by atoms with van der Waals surface area (Å²) in [6.45, 7) is 17.8. The summed E-state index contributed by atoms with van der Waals surface area (Å²) < 4.78 is 38.2. The first-order chi connectivity index (χ1) is 25.3. The van der Waals surface area contributed by atoms with E-state index in [4.69, 9.17) is 29.3 Å². The second-order valence-electron chi connectivity index (χ2n) is 16.6. The molecule has 0 saturated heterocycles. The van der Waals surface area contributed by atoms with Crippen molar-refractivity contribution in [3.05, 3.63) is 60.6 Å². The lowest BCUT2D eigenvalue weighted by molar-refractivity contribution is -0.145. The molecule has 1 aliphatic rings. The van der Waals surface area contributed by atoms with Crippen LogP contribution in [0.2, 0.25) is 51.4 Å². The number of nitrogens with zero attached hydrogens (tertiary/aromatic N) is 5. The summed E-state index contributed by atoms with van der Waals surface area (Å²) >= 11 is 0. The van der Waals surface area contributed by atoms with Crippen molar-refractivity contribution in [2.45, 2.75) is 103 Å². The molecule has 1 aliphatic carbocycles. The number of aliphatic carboxylic acids is 1. The van der Waals surface area contributed by atoms with Crippen molar-refractivity contribution in [1.82, 2.24) is 24.1 Å². The van der Waals surface area contributed by atoms with Gasteiger partial charge in [-0.25, -0.2) is 14.2 Å². The maximum absolute atomic E-state index is 14.7. The van der Waals surface area contributed by atoms with Gasteiger partial charge in [-0.1, -0.05) is 75.7 Å². The van der Waals surface area contributed by atoms with Crippen molar-refractivity contribution in [2.24, 2.45) is 5.92 Å². The van der Waals surface area contributed by atoms with Crippen LogP contribution in [0.5, 0.6) is 11.6 Å². The van der Waals surface area contributed by atoms with E-state index in [1.165, 1.54) is 0 Å². The molecule has 10 nitrogen and oxygen atoms in total. The van der Waals surface area contributed by atoms with E-state index >= 15 is 0 Å². The average Bonchev–Trinajstić information content (AvgIpc) is 3.68. The van der Waals surface area contributed by atoms with Crippen LogP contribution in [0.15, 0.2) is 54.9 Å². The van der Waals surface area contributed by atoms with Crippen LogP contribution < -0.4 is 9.47 Å². The van der Waals surface area contributed by atoms with E-state index in [2.05, 4.69) is 39.3 Å². The van der Waals surface area contributed by atoms with E-state index in [9.17, 15) is 14.3 Å². The number of pyridine rings is 1. The number of alkyl halides is 1. The lowest BCUT2D eigenvalue weighted by Gasteiger charge is -2.29. The Kier molecular flexibility index (Phi) is 11.7. The van der Waals surface area contributed by atoms with Gasteiger partial charge in [0.25, 0.3) is 0 Å². The van der Waals surface area contributed by atoms with Crippen molar-refractivity contribution in [2.75, 3.05) is 19.8 Å². The summed E-state index contributed by atoms with van der Waals surface area (Å²) in [6.07, 6.45) is 3.92. The first-order valence-corrected chi connectivity index (χ1v) is 26.3. The van der Waals surface area contributed by atoms with Gasteiger partial charge in [0, 0.05) is 57.5 Å². The van der Waals surface area contributed by atoms with Crippen LogP contribution in [0.3, 0.4) is 0 Å². The van der Waals surface area contributed by atoms with Crippen LogP contribution >= 0.6 is 0 Å². The quantitative estimate of drug-likeness (QED) is 0.0782. The van der Waals surface area contributed by atoms with E-state index in [-0.39, 0.29) is 12.6 Å². The van der Waals surface area contributed by atoms with Gasteiger partial charge in [-0.05, 0) is 50.8 Å². The molecule has 5 aromatic rings. The monoisotopic (exact) mass is 759 g/mol. The highest BCUT2D eigenvalue weighted by Crippen LogP contribution is 2.47. The third-order valence-corrected chi connectivity index (χ3v) is 13.5. The van der Waals surface area contributed by atoms with Gasteiger partial charge in [-0.2, -0.15) is 9.61 Å². The third kappa shape index (κ3) is 8.84. The molecule has 0 spiro atoms. The number of hydrogen-bond donors (Lipinski definition) is 1. The molecule has 1 atom stereocenters. The largest absolute Gasteiger partial charge is 0.488 e. The summed E-state index contributed by atoms with van der Waals surface area (Å²) in [5.74, 6) is -0.773. The number of halogens is 1. The highest BCUT2D eigenvalue weighted by Gasteiger charge is 2.36. The number of hydrogen-bond acceptors (Lipinski definition) is 7. The standard InChI is InChI=1S/C40H54FN5O5Si2/c1-8-50-36-33-35(29-16-14-28(15-17-29)34(41)40(47)48)44-37-31(30-18-19-32(42-24-30)27-12-10-9-11-13-27)25-43-46(37)38(33)45(26-49-20-22-52(2,3)4)39(36)51-21-23-53(5,6)7/h9-13,18-19,24-25,28-29,34H,8,14-17,20-23,26H2,1-7H3,(H,47,48)/t28-,29+,34?. The Hall–Kier alpha value is -4.08. The number of carbonyl (C=O) groups is 1. The van der Waals surface area contributed by atoms with E-state index in [0.717, 1.165) is 51.2 Å². The van der Waals surface area contributed by atoms with Gasteiger partial charge >= 0.3 is 5.97 Å². The number of aromatic nitrogens is 5. The van der Waals surface area contributed by atoms with Crippen molar-refractivity contribution in [1.29, 1.82) is 0 Å². The Morgan fingerprint density at radius 1 is 0.925 bits per heavy atom. The Labute approximate surface area is 313 Å². The maximum Gasteiger partial charge on any atom is 0.338 e. The molecule has 4 heterocycles. The molecule has 4 aromatic heterocycles. The molecule has 1 N–H and O–H groups in total. The molecule has 6 rings (SSSR count). The number of carboxylic acids is 1. The molecule has 53 heavy (non-hydrogen) atoms. The topological polar surface area (TPSA) is 113 Å². The number of ether oxygens (including phenoxy) is 3. The SMILES string of the molecule is CCOc1c(OCC[Si](C)(C)C)n(COCC[Si](C)(C)C)c2c1c([C@H]1CC[C@@H](C(F)C(=O)O)CC1)nc1c(-c3ccc(-c4ccccc4)nc3)cnn12. The van der Waals surface area contributed by atoms with Gasteiger partial charge in [-0.3, -0.25) is 9.55 Å². The van der Waals surface area contributed by atoms with Gasteiger partial charge in [0.2, 0.25) is 5.88 Å². The lowest BCUT2D eigenvalue weighted by atomic mass is 9.78. The van der Waals surface area contributed by atoms with E-state index in [1.807, 2.05) is 70.9 Å². The van der Waals surface area contributed by atoms with E-state index in [1.54, 1.807) is 0 Å². The predicted octanol–water partition coefficient (Wildman–Crippen LogP) is 9.54. The number of fused-ring (bicyclic) bond motifs is 3. The summed E-state index contributed by atoms with van der Waals surface area (Å²) in [7, 11) is -2.78. The molecule has 0 bridgehead atoms. The fraction of sp³-hybridized carbons (Fsp3) is 0.500. The second kappa shape index (κ2) is 16.1.